The molecule has 0 radical (unpaired) electrons. The molecular formula is C12H20N2O2S2. The standard InChI is InChI=1S/C12H20N2O2S2/c1-12(2)6-3-4-11(12)14-18(15,16)10-5-7-17-9(10)8-13/h5,7,11,14H,3-4,6,8,13H2,1-2H3. The van der Waals surface area contributed by atoms with Crippen LogP contribution in [-0.2, 0) is 16.6 Å². The number of thiophene rings is 1. The third-order valence-corrected chi connectivity index (χ3v) is 6.36. The molecule has 0 bridgehead atoms. The molecule has 1 unspecified atom stereocenters. The molecule has 0 amide bonds. The summed E-state index contributed by atoms with van der Waals surface area (Å²) < 4.78 is 27.6. The van der Waals surface area contributed by atoms with Gasteiger partial charge in [-0.3, -0.25) is 0 Å². The number of hydrogen-bond donors (Lipinski definition) is 2. The van der Waals surface area contributed by atoms with Crippen LogP contribution in [0.2, 0.25) is 0 Å². The summed E-state index contributed by atoms with van der Waals surface area (Å²) >= 11 is 1.39. The molecule has 0 saturated heterocycles. The van der Waals surface area contributed by atoms with Crippen LogP contribution in [0.25, 0.3) is 0 Å². The fraction of sp³-hybridized carbons (Fsp3) is 0.667. The van der Waals surface area contributed by atoms with Gasteiger partial charge in [0.05, 0.1) is 4.90 Å². The first kappa shape index (κ1) is 14.0. The van der Waals surface area contributed by atoms with E-state index in [2.05, 4.69) is 18.6 Å². The van der Waals surface area contributed by atoms with Gasteiger partial charge in [0.2, 0.25) is 10.0 Å². The summed E-state index contributed by atoms with van der Waals surface area (Å²) in [6.45, 7) is 4.50. The van der Waals surface area contributed by atoms with Gasteiger partial charge in [-0.25, -0.2) is 13.1 Å². The quantitative estimate of drug-likeness (QED) is 0.891. The Kier molecular flexibility index (Phi) is 3.82. The molecule has 0 aromatic carbocycles. The molecule has 6 heteroatoms. The van der Waals surface area contributed by atoms with Crippen molar-refractivity contribution in [2.24, 2.45) is 11.1 Å². The average molecular weight is 288 g/mol. The Labute approximate surface area is 113 Å². The van der Waals surface area contributed by atoms with Crippen molar-refractivity contribution in [3.05, 3.63) is 16.3 Å². The van der Waals surface area contributed by atoms with Gasteiger partial charge in [0.1, 0.15) is 0 Å². The van der Waals surface area contributed by atoms with Gasteiger partial charge in [0.15, 0.2) is 0 Å². The second-order valence-corrected chi connectivity index (χ2v) is 8.15. The van der Waals surface area contributed by atoms with E-state index in [1.807, 2.05) is 0 Å². The number of sulfonamides is 1. The van der Waals surface area contributed by atoms with Gasteiger partial charge in [-0.15, -0.1) is 11.3 Å². The molecular weight excluding hydrogens is 268 g/mol. The molecule has 1 saturated carbocycles. The molecule has 4 nitrogen and oxygen atoms in total. The molecule has 1 heterocycles. The van der Waals surface area contributed by atoms with Crippen LogP contribution < -0.4 is 10.5 Å². The summed E-state index contributed by atoms with van der Waals surface area (Å²) in [5, 5.41) is 1.77. The van der Waals surface area contributed by atoms with E-state index in [1.54, 1.807) is 11.4 Å². The Balaban J connectivity index is 2.23. The Morgan fingerprint density at radius 3 is 2.83 bits per heavy atom. The smallest absolute Gasteiger partial charge is 0.241 e. The second kappa shape index (κ2) is 4.92. The van der Waals surface area contributed by atoms with Crippen LogP contribution in [0.5, 0.6) is 0 Å². The van der Waals surface area contributed by atoms with E-state index in [-0.39, 0.29) is 18.0 Å². The zero-order chi connectivity index (χ0) is 13.4. The van der Waals surface area contributed by atoms with E-state index in [9.17, 15) is 8.42 Å². The minimum Gasteiger partial charge on any atom is -0.326 e. The van der Waals surface area contributed by atoms with Crippen molar-refractivity contribution in [1.29, 1.82) is 0 Å². The summed E-state index contributed by atoms with van der Waals surface area (Å²) in [5.41, 5.74) is 5.61. The Hall–Kier alpha value is -0.430. The Morgan fingerprint density at radius 1 is 1.56 bits per heavy atom. The second-order valence-electron chi connectivity index (χ2n) is 5.47. The van der Waals surface area contributed by atoms with Gasteiger partial charge in [0.25, 0.3) is 0 Å². The molecule has 2 rings (SSSR count). The third kappa shape index (κ3) is 2.61. The molecule has 1 atom stereocenters. The zero-order valence-electron chi connectivity index (χ0n) is 10.8. The van der Waals surface area contributed by atoms with Gasteiger partial charge >= 0.3 is 0 Å². The molecule has 1 aromatic heterocycles. The van der Waals surface area contributed by atoms with Crippen molar-refractivity contribution in [2.45, 2.75) is 50.6 Å². The molecule has 1 fully saturated rings. The molecule has 0 aliphatic heterocycles. The number of hydrogen-bond acceptors (Lipinski definition) is 4. The molecule has 0 spiro atoms. The molecule has 1 aliphatic rings. The van der Waals surface area contributed by atoms with Gasteiger partial charge in [-0.1, -0.05) is 20.3 Å². The predicted octanol–water partition coefficient (Wildman–Crippen LogP) is 2.06. The number of rotatable bonds is 4. The zero-order valence-corrected chi connectivity index (χ0v) is 12.4. The van der Waals surface area contributed by atoms with Crippen LogP contribution >= 0.6 is 11.3 Å². The van der Waals surface area contributed by atoms with Crippen LogP contribution in [0.15, 0.2) is 16.3 Å². The van der Waals surface area contributed by atoms with Crippen molar-refractivity contribution in [1.82, 2.24) is 4.72 Å². The molecule has 102 valence electrons. The molecule has 1 aliphatic carbocycles. The lowest BCUT2D eigenvalue weighted by molar-refractivity contribution is 0.313. The van der Waals surface area contributed by atoms with E-state index in [0.29, 0.717) is 4.90 Å². The first-order valence-electron chi connectivity index (χ1n) is 6.15. The SMILES string of the molecule is CC1(C)CCCC1NS(=O)(=O)c1ccsc1CN. The van der Waals surface area contributed by atoms with E-state index in [1.165, 1.54) is 11.3 Å². The lowest BCUT2D eigenvalue weighted by Crippen LogP contribution is -2.41. The highest BCUT2D eigenvalue weighted by atomic mass is 32.2. The average Bonchev–Trinajstić information content (AvgIpc) is 2.86. The number of nitrogens with two attached hydrogens (primary N) is 1. The van der Waals surface area contributed by atoms with Crippen molar-refractivity contribution in [3.8, 4) is 0 Å². The Morgan fingerprint density at radius 2 is 2.28 bits per heavy atom. The monoisotopic (exact) mass is 288 g/mol. The topological polar surface area (TPSA) is 72.2 Å². The Bertz CT molecular complexity index is 520. The van der Waals surface area contributed by atoms with Crippen LogP contribution in [0.4, 0.5) is 0 Å². The summed E-state index contributed by atoms with van der Waals surface area (Å²) in [5.74, 6) is 0. The van der Waals surface area contributed by atoms with Crippen LogP contribution in [0.3, 0.4) is 0 Å². The maximum atomic E-state index is 12.4. The largest absolute Gasteiger partial charge is 0.326 e. The van der Waals surface area contributed by atoms with E-state index >= 15 is 0 Å². The normalized spacial score (nSPS) is 23.4. The minimum atomic E-state index is -3.43. The van der Waals surface area contributed by atoms with Crippen LogP contribution in [0.1, 0.15) is 38.0 Å². The first-order chi connectivity index (χ1) is 8.37. The van der Waals surface area contributed by atoms with Gasteiger partial charge in [-0.05, 0) is 29.7 Å². The van der Waals surface area contributed by atoms with Crippen LogP contribution in [-0.4, -0.2) is 14.5 Å². The maximum absolute atomic E-state index is 12.4. The van der Waals surface area contributed by atoms with Gasteiger partial charge in [0, 0.05) is 17.5 Å². The van der Waals surface area contributed by atoms with Crippen molar-refractivity contribution < 1.29 is 8.42 Å². The van der Waals surface area contributed by atoms with Crippen molar-refractivity contribution in [2.75, 3.05) is 0 Å². The lowest BCUT2D eigenvalue weighted by Gasteiger charge is -2.27. The molecule has 1 aromatic rings. The highest BCUT2D eigenvalue weighted by Crippen LogP contribution is 2.38. The summed E-state index contributed by atoms with van der Waals surface area (Å²) in [6.07, 6.45) is 3.05. The molecule has 18 heavy (non-hydrogen) atoms. The lowest BCUT2D eigenvalue weighted by atomic mass is 9.88. The molecule has 3 N–H and O–H groups in total. The van der Waals surface area contributed by atoms with E-state index < -0.39 is 10.0 Å². The highest BCUT2D eigenvalue weighted by Gasteiger charge is 2.37. The number of nitrogens with one attached hydrogen (secondary N) is 1. The summed E-state index contributed by atoms with van der Waals surface area (Å²) in [6, 6.07) is 1.66. The van der Waals surface area contributed by atoms with Crippen molar-refractivity contribution in [3.63, 3.8) is 0 Å². The van der Waals surface area contributed by atoms with Crippen LogP contribution in [0, 0.1) is 5.41 Å². The summed E-state index contributed by atoms with van der Waals surface area (Å²) in [7, 11) is -3.43. The van der Waals surface area contributed by atoms with Crippen molar-refractivity contribution >= 4 is 21.4 Å². The minimum absolute atomic E-state index is 0.0213. The van der Waals surface area contributed by atoms with E-state index in [0.717, 1.165) is 24.1 Å². The van der Waals surface area contributed by atoms with Gasteiger partial charge in [-0.2, -0.15) is 0 Å². The first-order valence-corrected chi connectivity index (χ1v) is 8.52. The highest BCUT2D eigenvalue weighted by molar-refractivity contribution is 7.89. The predicted molar refractivity (Wildman–Crippen MR) is 74.0 cm³/mol. The van der Waals surface area contributed by atoms with E-state index in [4.69, 9.17) is 5.73 Å². The van der Waals surface area contributed by atoms with Gasteiger partial charge < -0.3 is 5.73 Å². The third-order valence-electron chi connectivity index (χ3n) is 3.73. The fourth-order valence-electron chi connectivity index (χ4n) is 2.51. The summed E-state index contributed by atoms with van der Waals surface area (Å²) in [4.78, 5) is 1.07. The maximum Gasteiger partial charge on any atom is 0.241 e. The fourth-order valence-corrected chi connectivity index (χ4v) is 5.29.